The zero-order chi connectivity index (χ0) is 14.5. The van der Waals surface area contributed by atoms with Gasteiger partial charge in [0.1, 0.15) is 0 Å². The van der Waals surface area contributed by atoms with Crippen LogP contribution in [0.3, 0.4) is 0 Å². The van der Waals surface area contributed by atoms with Crippen LogP contribution >= 0.6 is 0 Å². The number of rotatable bonds is 5. The highest BCUT2D eigenvalue weighted by atomic mass is 14.9. The first-order valence-electron chi connectivity index (χ1n) is 8.42. The van der Waals surface area contributed by atoms with Crippen LogP contribution in [0, 0.1) is 5.92 Å². The van der Waals surface area contributed by atoms with E-state index in [2.05, 4.69) is 41.5 Å². The first-order chi connectivity index (χ1) is 10.4. The van der Waals surface area contributed by atoms with Gasteiger partial charge in [-0.15, -0.1) is 0 Å². The summed E-state index contributed by atoms with van der Waals surface area (Å²) in [6.07, 6.45) is 12.1. The maximum Gasteiger partial charge on any atom is 0.0346 e. The van der Waals surface area contributed by atoms with Gasteiger partial charge >= 0.3 is 0 Å². The molecule has 21 heavy (non-hydrogen) atoms. The van der Waals surface area contributed by atoms with Gasteiger partial charge in [0.05, 0.1) is 0 Å². The third-order valence-electron chi connectivity index (χ3n) is 4.90. The molecule has 1 N–H and O–H groups in total. The minimum absolute atomic E-state index is 0.704. The van der Waals surface area contributed by atoms with Crippen LogP contribution in [0.2, 0.25) is 0 Å². The van der Waals surface area contributed by atoms with Crippen LogP contribution in [0.25, 0.3) is 10.8 Å². The van der Waals surface area contributed by atoms with Gasteiger partial charge in [0.25, 0.3) is 0 Å². The van der Waals surface area contributed by atoms with E-state index >= 15 is 0 Å². The number of nitrogens with one attached hydrogen (secondary N) is 1. The molecular formula is C19H26N2. The van der Waals surface area contributed by atoms with Gasteiger partial charge in [-0.05, 0) is 48.6 Å². The van der Waals surface area contributed by atoms with E-state index in [0.717, 1.165) is 12.5 Å². The summed E-state index contributed by atoms with van der Waals surface area (Å²) >= 11 is 0. The Hall–Kier alpha value is -1.41. The Morgan fingerprint density at radius 2 is 2.00 bits per heavy atom. The van der Waals surface area contributed by atoms with Gasteiger partial charge in [-0.3, -0.25) is 4.98 Å². The molecule has 112 valence electrons. The molecule has 1 fully saturated rings. The second kappa shape index (κ2) is 7.04. The van der Waals surface area contributed by atoms with E-state index in [1.54, 1.807) is 0 Å². The fourth-order valence-corrected chi connectivity index (χ4v) is 3.66. The predicted molar refractivity (Wildman–Crippen MR) is 89.2 cm³/mol. The van der Waals surface area contributed by atoms with Crippen LogP contribution < -0.4 is 5.32 Å². The fourth-order valence-electron chi connectivity index (χ4n) is 3.66. The lowest BCUT2D eigenvalue weighted by atomic mass is 9.83. The average molecular weight is 282 g/mol. The van der Waals surface area contributed by atoms with Crippen LogP contribution in [0.15, 0.2) is 36.7 Å². The second-order valence-electron chi connectivity index (χ2n) is 6.40. The van der Waals surface area contributed by atoms with Crippen molar-refractivity contribution in [3.8, 4) is 0 Å². The maximum atomic E-state index is 4.21. The van der Waals surface area contributed by atoms with E-state index < -0.39 is 0 Å². The molecule has 1 aliphatic rings. The zero-order valence-corrected chi connectivity index (χ0v) is 13.0. The second-order valence-corrected chi connectivity index (χ2v) is 6.40. The number of benzene rings is 1. The van der Waals surface area contributed by atoms with Crippen LogP contribution in [0.5, 0.6) is 0 Å². The van der Waals surface area contributed by atoms with Crippen molar-refractivity contribution in [2.45, 2.75) is 58.0 Å². The summed E-state index contributed by atoms with van der Waals surface area (Å²) in [6, 6.07) is 9.35. The van der Waals surface area contributed by atoms with Crippen molar-refractivity contribution in [2.75, 3.05) is 0 Å². The monoisotopic (exact) mass is 282 g/mol. The summed E-state index contributed by atoms with van der Waals surface area (Å²) in [5, 5.41) is 6.34. The number of pyridine rings is 1. The molecule has 0 bridgehead atoms. The van der Waals surface area contributed by atoms with Crippen molar-refractivity contribution in [3.63, 3.8) is 0 Å². The van der Waals surface area contributed by atoms with E-state index in [0.29, 0.717) is 6.04 Å². The molecule has 3 rings (SSSR count). The Labute approximate surface area is 128 Å². The standard InChI is InChI=1S/C19H26N2/c1-2-4-15-7-9-18(10-8-15)21-14-17-6-3-5-16-13-20-12-11-19(16)17/h3,5-6,11-13,15,18,21H,2,4,7-10,14H2,1H3. The average Bonchev–Trinajstić information content (AvgIpc) is 2.54. The maximum absolute atomic E-state index is 4.21. The lowest BCUT2D eigenvalue weighted by Gasteiger charge is -2.29. The van der Waals surface area contributed by atoms with Crippen molar-refractivity contribution >= 4 is 10.8 Å². The molecular weight excluding hydrogens is 256 g/mol. The number of nitrogens with zero attached hydrogens (tertiary/aromatic N) is 1. The van der Waals surface area contributed by atoms with Crippen LogP contribution in [-0.4, -0.2) is 11.0 Å². The normalized spacial score (nSPS) is 22.5. The highest BCUT2D eigenvalue weighted by Crippen LogP contribution is 2.28. The number of fused-ring (bicyclic) bond motifs is 1. The Morgan fingerprint density at radius 3 is 2.81 bits per heavy atom. The lowest BCUT2D eigenvalue weighted by Crippen LogP contribution is -2.32. The molecule has 0 spiro atoms. The highest BCUT2D eigenvalue weighted by Gasteiger charge is 2.20. The SMILES string of the molecule is CCCC1CCC(NCc2cccc3cnccc23)CC1. The predicted octanol–water partition coefficient (Wildman–Crippen LogP) is 4.68. The number of hydrogen-bond donors (Lipinski definition) is 1. The largest absolute Gasteiger partial charge is 0.310 e. The minimum atomic E-state index is 0.704. The van der Waals surface area contributed by atoms with Gasteiger partial charge in [0, 0.05) is 30.4 Å². The molecule has 1 heterocycles. The summed E-state index contributed by atoms with van der Waals surface area (Å²) in [5.41, 5.74) is 1.39. The van der Waals surface area contributed by atoms with E-state index in [1.165, 1.54) is 54.9 Å². The molecule has 2 nitrogen and oxygen atoms in total. The smallest absolute Gasteiger partial charge is 0.0346 e. The third kappa shape index (κ3) is 3.62. The first-order valence-corrected chi connectivity index (χ1v) is 8.42. The van der Waals surface area contributed by atoms with Gasteiger partial charge in [-0.2, -0.15) is 0 Å². The van der Waals surface area contributed by atoms with Crippen molar-refractivity contribution < 1.29 is 0 Å². The summed E-state index contributed by atoms with van der Waals surface area (Å²) in [7, 11) is 0. The van der Waals surface area contributed by atoms with Gasteiger partial charge in [-0.25, -0.2) is 0 Å². The Morgan fingerprint density at radius 1 is 1.14 bits per heavy atom. The van der Waals surface area contributed by atoms with Gasteiger partial charge in [0.2, 0.25) is 0 Å². The Kier molecular flexibility index (Phi) is 4.87. The van der Waals surface area contributed by atoms with Crippen molar-refractivity contribution in [3.05, 3.63) is 42.2 Å². The molecule has 0 aliphatic heterocycles. The molecule has 1 saturated carbocycles. The Balaban J connectivity index is 1.58. The molecule has 0 saturated heterocycles. The summed E-state index contributed by atoms with van der Waals surface area (Å²) < 4.78 is 0. The van der Waals surface area contributed by atoms with Crippen LogP contribution in [0.4, 0.5) is 0 Å². The van der Waals surface area contributed by atoms with Crippen LogP contribution in [-0.2, 0) is 6.54 Å². The molecule has 0 atom stereocenters. The van der Waals surface area contributed by atoms with Crippen LogP contribution in [0.1, 0.15) is 51.0 Å². The molecule has 2 aromatic rings. The van der Waals surface area contributed by atoms with E-state index in [4.69, 9.17) is 0 Å². The molecule has 1 aromatic heterocycles. The van der Waals surface area contributed by atoms with Crippen molar-refractivity contribution in [2.24, 2.45) is 5.92 Å². The van der Waals surface area contributed by atoms with E-state index in [1.807, 2.05) is 12.4 Å². The zero-order valence-electron chi connectivity index (χ0n) is 13.0. The molecule has 1 aliphatic carbocycles. The molecule has 0 amide bonds. The summed E-state index contributed by atoms with van der Waals surface area (Å²) in [4.78, 5) is 4.21. The molecule has 1 aromatic carbocycles. The third-order valence-corrected chi connectivity index (χ3v) is 4.90. The van der Waals surface area contributed by atoms with Gasteiger partial charge in [-0.1, -0.05) is 38.0 Å². The quantitative estimate of drug-likeness (QED) is 0.861. The van der Waals surface area contributed by atoms with Crippen molar-refractivity contribution in [1.82, 2.24) is 10.3 Å². The molecule has 2 heteroatoms. The number of aromatic nitrogens is 1. The molecule has 0 unspecified atom stereocenters. The lowest BCUT2D eigenvalue weighted by molar-refractivity contribution is 0.278. The molecule has 0 radical (unpaired) electrons. The topological polar surface area (TPSA) is 24.9 Å². The van der Waals surface area contributed by atoms with E-state index in [-0.39, 0.29) is 0 Å². The van der Waals surface area contributed by atoms with Crippen molar-refractivity contribution in [1.29, 1.82) is 0 Å². The van der Waals surface area contributed by atoms with Gasteiger partial charge in [0.15, 0.2) is 0 Å². The van der Waals surface area contributed by atoms with E-state index in [9.17, 15) is 0 Å². The first kappa shape index (κ1) is 14.5. The Bertz CT molecular complexity index is 565. The minimum Gasteiger partial charge on any atom is -0.310 e. The summed E-state index contributed by atoms with van der Waals surface area (Å²) in [6.45, 7) is 3.28. The fraction of sp³-hybridized carbons (Fsp3) is 0.526. The highest BCUT2D eigenvalue weighted by molar-refractivity contribution is 5.84. The number of hydrogen-bond acceptors (Lipinski definition) is 2. The summed E-state index contributed by atoms with van der Waals surface area (Å²) in [5.74, 6) is 0.983. The van der Waals surface area contributed by atoms with Gasteiger partial charge < -0.3 is 5.32 Å².